The summed E-state index contributed by atoms with van der Waals surface area (Å²) in [7, 11) is 1.76. The first-order chi connectivity index (χ1) is 10.5. The summed E-state index contributed by atoms with van der Waals surface area (Å²) in [6.07, 6.45) is 4.83. The van der Waals surface area contributed by atoms with E-state index in [0.29, 0.717) is 17.3 Å². The van der Waals surface area contributed by atoms with Gasteiger partial charge in [-0.1, -0.05) is 32.4 Å². The topological polar surface area (TPSA) is 59.6 Å². The van der Waals surface area contributed by atoms with Crippen molar-refractivity contribution in [2.45, 2.75) is 45.4 Å². The van der Waals surface area contributed by atoms with Crippen molar-refractivity contribution in [2.24, 2.45) is 16.1 Å². The number of guanidine groups is 1. The Morgan fingerprint density at radius 3 is 2.77 bits per heavy atom. The van der Waals surface area contributed by atoms with Gasteiger partial charge in [0.25, 0.3) is 0 Å². The normalized spacial score (nSPS) is 17.4. The zero-order valence-corrected chi connectivity index (χ0v) is 14.1. The highest BCUT2D eigenvalue weighted by Gasteiger charge is 2.36. The number of hydrogen-bond acceptors (Lipinski definition) is 2. The molecule has 4 nitrogen and oxygen atoms in total. The highest BCUT2D eigenvalue weighted by molar-refractivity contribution is 5.92. The van der Waals surface area contributed by atoms with Crippen LogP contribution >= 0.6 is 0 Å². The molecule has 1 fully saturated rings. The van der Waals surface area contributed by atoms with Gasteiger partial charge < -0.3 is 15.8 Å². The lowest BCUT2D eigenvalue weighted by atomic mass is 9.67. The summed E-state index contributed by atoms with van der Waals surface area (Å²) in [5.74, 6) is 1.01. The SMILES string of the molecule is COCCC1(CN=C(N)Nc2cccc(C(C)C)c2)CCC1. The van der Waals surface area contributed by atoms with Crippen molar-refractivity contribution in [1.82, 2.24) is 0 Å². The number of nitrogens with zero attached hydrogens (tertiary/aromatic N) is 1. The lowest BCUT2D eigenvalue weighted by Crippen LogP contribution is -2.35. The van der Waals surface area contributed by atoms with E-state index < -0.39 is 0 Å². The second kappa shape index (κ2) is 7.63. The summed E-state index contributed by atoms with van der Waals surface area (Å²) in [6.45, 7) is 5.97. The molecule has 0 aromatic heterocycles. The molecule has 1 aliphatic carbocycles. The molecule has 1 aromatic carbocycles. The molecule has 1 aliphatic rings. The first kappa shape index (κ1) is 16.8. The fraction of sp³-hybridized carbons (Fsp3) is 0.611. The monoisotopic (exact) mass is 303 g/mol. The Bertz CT molecular complexity index is 507. The van der Waals surface area contributed by atoms with Crippen molar-refractivity contribution in [3.63, 3.8) is 0 Å². The first-order valence-electron chi connectivity index (χ1n) is 8.20. The second-order valence-electron chi connectivity index (χ2n) is 6.70. The Labute approximate surface area is 134 Å². The van der Waals surface area contributed by atoms with Gasteiger partial charge in [-0.05, 0) is 48.3 Å². The van der Waals surface area contributed by atoms with Crippen LogP contribution in [0.2, 0.25) is 0 Å². The summed E-state index contributed by atoms with van der Waals surface area (Å²) in [5.41, 5.74) is 8.67. The zero-order valence-electron chi connectivity index (χ0n) is 14.1. The molecule has 0 heterocycles. The summed E-state index contributed by atoms with van der Waals surface area (Å²) >= 11 is 0. The average Bonchev–Trinajstić information content (AvgIpc) is 2.46. The van der Waals surface area contributed by atoms with Crippen molar-refractivity contribution in [1.29, 1.82) is 0 Å². The molecule has 1 aromatic rings. The predicted molar refractivity (Wildman–Crippen MR) is 93.4 cm³/mol. The molecule has 4 heteroatoms. The van der Waals surface area contributed by atoms with Crippen LogP contribution in [0.5, 0.6) is 0 Å². The molecule has 0 spiro atoms. The third kappa shape index (κ3) is 4.47. The molecule has 0 bridgehead atoms. The number of benzene rings is 1. The van der Waals surface area contributed by atoms with Gasteiger partial charge >= 0.3 is 0 Å². The maximum absolute atomic E-state index is 6.05. The van der Waals surface area contributed by atoms with Gasteiger partial charge in [-0.25, -0.2) is 0 Å². The molecular formula is C18H29N3O. The van der Waals surface area contributed by atoms with E-state index in [-0.39, 0.29) is 0 Å². The van der Waals surface area contributed by atoms with Crippen LogP contribution in [0.3, 0.4) is 0 Å². The van der Waals surface area contributed by atoms with E-state index in [4.69, 9.17) is 10.5 Å². The van der Waals surface area contributed by atoms with Gasteiger partial charge in [-0.2, -0.15) is 0 Å². The Balaban J connectivity index is 1.93. The minimum atomic E-state index is 0.308. The molecule has 0 saturated heterocycles. The smallest absolute Gasteiger partial charge is 0.193 e. The highest BCUT2D eigenvalue weighted by Crippen LogP contribution is 2.44. The van der Waals surface area contributed by atoms with Crippen LogP contribution in [0.25, 0.3) is 0 Å². The molecular weight excluding hydrogens is 274 g/mol. The highest BCUT2D eigenvalue weighted by atomic mass is 16.5. The lowest BCUT2D eigenvalue weighted by Gasteiger charge is -2.40. The summed E-state index contributed by atoms with van der Waals surface area (Å²) in [4.78, 5) is 4.57. The predicted octanol–water partition coefficient (Wildman–Crippen LogP) is 3.74. The number of anilines is 1. The number of hydrogen-bond donors (Lipinski definition) is 2. The van der Waals surface area contributed by atoms with Crippen molar-refractivity contribution < 1.29 is 4.74 Å². The van der Waals surface area contributed by atoms with Crippen molar-refractivity contribution >= 4 is 11.6 Å². The number of rotatable bonds is 7. The van der Waals surface area contributed by atoms with Crippen molar-refractivity contribution in [3.8, 4) is 0 Å². The quantitative estimate of drug-likeness (QED) is 0.596. The average molecular weight is 303 g/mol. The summed E-state index contributed by atoms with van der Waals surface area (Å²) in [6, 6.07) is 8.35. The first-order valence-corrected chi connectivity index (χ1v) is 8.20. The fourth-order valence-electron chi connectivity index (χ4n) is 2.90. The number of ether oxygens (including phenoxy) is 1. The van der Waals surface area contributed by atoms with Gasteiger partial charge in [-0.15, -0.1) is 0 Å². The van der Waals surface area contributed by atoms with Crippen LogP contribution in [0.15, 0.2) is 29.3 Å². The third-order valence-electron chi connectivity index (χ3n) is 4.66. The fourth-order valence-corrected chi connectivity index (χ4v) is 2.90. The largest absolute Gasteiger partial charge is 0.385 e. The van der Waals surface area contributed by atoms with Crippen molar-refractivity contribution in [3.05, 3.63) is 29.8 Å². The minimum absolute atomic E-state index is 0.308. The summed E-state index contributed by atoms with van der Waals surface area (Å²) < 4.78 is 5.22. The third-order valence-corrected chi connectivity index (χ3v) is 4.66. The molecule has 22 heavy (non-hydrogen) atoms. The molecule has 2 rings (SSSR count). The Kier molecular flexibility index (Phi) is 5.83. The van der Waals surface area contributed by atoms with E-state index in [0.717, 1.165) is 25.3 Å². The lowest BCUT2D eigenvalue weighted by molar-refractivity contribution is 0.0780. The van der Waals surface area contributed by atoms with Gasteiger partial charge in [0, 0.05) is 25.9 Å². The van der Waals surface area contributed by atoms with Gasteiger partial charge in [0.2, 0.25) is 0 Å². The van der Waals surface area contributed by atoms with Crippen LogP contribution in [0.4, 0.5) is 5.69 Å². The van der Waals surface area contributed by atoms with Gasteiger partial charge in [0.05, 0.1) is 0 Å². The van der Waals surface area contributed by atoms with Gasteiger partial charge in [-0.3, -0.25) is 4.99 Å². The molecule has 3 N–H and O–H groups in total. The van der Waals surface area contributed by atoms with E-state index in [1.807, 2.05) is 6.07 Å². The van der Waals surface area contributed by atoms with E-state index in [1.165, 1.54) is 24.8 Å². The van der Waals surface area contributed by atoms with Gasteiger partial charge in [0.15, 0.2) is 5.96 Å². The summed E-state index contributed by atoms with van der Waals surface area (Å²) in [5, 5.41) is 3.21. The van der Waals surface area contributed by atoms with E-state index >= 15 is 0 Å². The van der Waals surface area contributed by atoms with Crippen LogP contribution < -0.4 is 11.1 Å². The molecule has 1 saturated carbocycles. The van der Waals surface area contributed by atoms with Gasteiger partial charge in [0.1, 0.15) is 0 Å². The maximum atomic E-state index is 6.05. The Morgan fingerprint density at radius 2 is 2.18 bits per heavy atom. The zero-order chi connectivity index (χ0) is 16.0. The number of nitrogens with two attached hydrogens (primary N) is 1. The van der Waals surface area contributed by atoms with Crippen LogP contribution in [-0.2, 0) is 4.74 Å². The number of nitrogens with one attached hydrogen (secondary N) is 1. The molecule has 0 unspecified atom stereocenters. The second-order valence-corrected chi connectivity index (χ2v) is 6.70. The van der Waals surface area contributed by atoms with Crippen LogP contribution in [0.1, 0.15) is 51.0 Å². The molecule has 0 aliphatic heterocycles. The molecule has 122 valence electrons. The van der Waals surface area contributed by atoms with Crippen molar-refractivity contribution in [2.75, 3.05) is 25.6 Å². The maximum Gasteiger partial charge on any atom is 0.193 e. The van der Waals surface area contributed by atoms with E-state index in [1.54, 1.807) is 7.11 Å². The van der Waals surface area contributed by atoms with E-state index in [2.05, 4.69) is 42.4 Å². The minimum Gasteiger partial charge on any atom is -0.385 e. The standard InChI is InChI=1S/C18H29N3O/c1-14(2)15-6-4-7-16(12-15)21-17(19)20-13-18(8-5-9-18)10-11-22-3/h4,6-7,12,14H,5,8-11,13H2,1-3H3,(H3,19,20,21). The molecule has 0 amide bonds. The number of aliphatic imine (C=N–C) groups is 1. The van der Waals surface area contributed by atoms with E-state index in [9.17, 15) is 0 Å². The van der Waals surface area contributed by atoms with Crippen LogP contribution in [0, 0.1) is 5.41 Å². The molecule has 0 atom stereocenters. The van der Waals surface area contributed by atoms with Crippen LogP contribution in [-0.4, -0.2) is 26.2 Å². The number of methoxy groups -OCH3 is 1. The Morgan fingerprint density at radius 1 is 1.41 bits per heavy atom. The molecule has 0 radical (unpaired) electrons. The Hall–Kier alpha value is -1.55.